The predicted molar refractivity (Wildman–Crippen MR) is 98.7 cm³/mol. The highest BCUT2D eigenvalue weighted by atomic mass is 16.4. The molecule has 5 nitrogen and oxygen atoms in total. The Morgan fingerprint density at radius 2 is 1.81 bits per heavy atom. The number of amides is 1. The van der Waals surface area contributed by atoms with Crippen LogP contribution in [0.5, 0.6) is 0 Å². The lowest BCUT2D eigenvalue weighted by molar-refractivity contribution is -0.152. The van der Waals surface area contributed by atoms with Gasteiger partial charge in [0.25, 0.3) is 0 Å². The number of hydrogen-bond acceptors (Lipinski definition) is 3. The smallest absolute Gasteiger partial charge is 0.312 e. The van der Waals surface area contributed by atoms with E-state index >= 15 is 0 Å². The molecule has 3 atom stereocenters. The minimum atomic E-state index is -0.828. The summed E-state index contributed by atoms with van der Waals surface area (Å²) in [6.45, 7) is 1.90. The molecule has 1 aromatic carbocycles. The van der Waals surface area contributed by atoms with Gasteiger partial charge in [0.1, 0.15) is 0 Å². The summed E-state index contributed by atoms with van der Waals surface area (Å²) < 4.78 is 0. The molecule has 2 bridgehead atoms. The van der Waals surface area contributed by atoms with Gasteiger partial charge >= 0.3 is 5.97 Å². The summed E-state index contributed by atoms with van der Waals surface area (Å²) in [5.41, 5.74) is 0.222. The van der Waals surface area contributed by atoms with Crippen LogP contribution in [0.1, 0.15) is 37.7 Å². The fourth-order valence-corrected chi connectivity index (χ4v) is 5.44. The number of carbonyl (C=O) groups excluding carboxylic acids is 1. The molecule has 1 amide bonds. The molecule has 1 N–H and O–H groups in total. The number of benzene rings is 1. The van der Waals surface area contributed by atoms with Crippen LogP contribution >= 0.6 is 0 Å². The van der Waals surface area contributed by atoms with E-state index in [0.717, 1.165) is 44.3 Å². The molecule has 0 spiro atoms. The van der Waals surface area contributed by atoms with E-state index in [0.29, 0.717) is 12.8 Å². The van der Waals surface area contributed by atoms with E-state index in [9.17, 15) is 14.7 Å². The van der Waals surface area contributed by atoms with Crippen LogP contribution in [-0.4, -0.2) is 59.0 Å². The Morgan fingerprint density at radius 3 is 2.46 bits per heavy atom. The summed E-state index contributed by atoms with van der Waals surface area (Å²) in [6.07, 6.45) is 4.67. The zero-order chi connectivity index (χ0) is 18.3. The van der Waals surface area contributed by atoms with E-state index in [-0.39, 0.29) is 23.9 Å². The van der Waals surface area contributed by atoms with Crippen LogP contribution in [0.15, 0.2) is 30.3 Å². The average molecular weight is 356 g/mol. The number of rotatable bonds is 4. The van der Waals surface area contributed by atoms with Crippen LogP contribution in [0.3, 0.4) is 0 Å². The summed E-state index contributed by atoms with van der Waals surface area (Å²) in [4.78, 5) is 29.9. The number of hydrogen-bond donors (Lipinski definition) is 1. The van der Waals surface area contributed by atoms with E-state index < -0.39 is 11.4 Å². The third kappa shape index (κ3) is 2.82. The van der Waals surface area contributed by atoms with E-state index in [1.807, 2.05) is 35.2 Å². The van der Waals surface area contributed by atoms with E-state index in [1.54, 1.807) is 0 Å². The predicted octanol–water partition coefficient (Wildman–Crippen LogP) is 2.41. The fourth-order valence-electron chi connectivity index (χ4n) is 5.44. The molecule has 4 rings (SSSR count). The number of carboxylic acid groups (broad SMARTS) is 1. The number of likely N-dealkylation sites (tertiary alicyclic amines) is 1. The molecule has 3 aliphatic rings. The molecule has 140 valence electrons. The van der Waals surface area contributed by atoms with Gasteiger partial charge < -0.3 is 14.9 Å². The molecule has 0 aliphatic carbocycles. The van der Waals surface area contributed by atoms with Crippen LogP contribution in [0.4, 0.5) is 0 Å². The van der Waals surface area contributed by atoms with Crippen molar-refractivity contribution in [2.45, 2.75) is 50.6 Å². The molecule has 26 heavy (non-hydrogen) atoms. The summed E-state index contributed by atoms with van der Waals surface area (Å²) >= 11 is 0. The van der Waals surface area contributed by atoms with Crippen molar-refractivity contribution in [2.75, 3.05) is 20.1 Å². The molecule has 0 unspecified atom stereocenters. The summed E-state index contributed by atoms with van der Waals surface area (Å²) in [5, 5.41) is 10.1. The first-order valence-corrected chi connectivity index (χ1v) is 9.79. The first-order chi connectivity index (χ1) is 12.5. The molecule has 1 aromatic rings. The second-order valence-electron chi connectivity index (χ2n) is 8.40. The van der Waals surface area contributed by atoms with Crippen LogP contribution < -0.4 is 0 Å². The van der Waals surface area contributed by atoms with Crippen molar-refractivity contribution in [3.8, 4) is 0 Å². The maximum Gasteiger partial charge on any atom is 0.312 e. The molecule has 0 aromatic heterocycles. The standard InChI is InChI=1S/C21H28N2O3/c1-22-11-9-16(10-12-22)19(24)23-17-7-8-18(23)21(14-17,20(25)26)13-15-5-3-2-4-6-15/h2-6,16-18H,7-14H2,1H3,(H,25,26)/t17-,18+,21+/m0/s1. The molecule has 5 heteroatoms. The highest BCUT2D eigenvalue weighted by Gasteiger charge is 2.61. The Bertz CT molecular complexity index is 684. The van der Waals surface area contributed by atoms with Gasteiger partial charge in [-0.2, -0.15) is 0 Å². The molecule has 3 fully saturated rings. The van der Waals surface area contributed by atoms with Crippen molar-refractivity contribution in [3.05, 3.63) is 35.9 Å². The second-order valence-corrected chi connectivity index (χ2v) is 8.40. The highest BCUT2D eigenvalue weighted by Crippen LogP contribution is 2.52. The molecular formula is C21H28N2O3. The lowest BCUT2D eigenvalue weighted by Crippen LogP contribution is -2.49. The second kappa shape index (κ2) is 6.69. The van der Waals surface area contributed by atoms with E-state index in [2.05, 4.69) is 11.9 Å². The van der Waals surface area contributed by atoms with Gasteiger partial charge in [-0.15, -0.1) is 0 Å². The zero-order valence-corrected chi connectivity index (χ0v) is 15.4. The van der Waals surface area contributed by atoms with Crippen molar-refractivity contribution in [1.82, 2.24) is 9.80 Å². The van der Waals surface area contributed by atoms with Crippen LogP contribution in [0.2, 0.25) is 0 Å². The largest absolute Gasteiger partial charge is 0.481 e. The van der Waals surface area contributed by atoms with Crippen molar-refractivity contribution in [2.24, 2.45) is 11.3 Å². The van der Waals surface area contributed by atoms with Crippen molar-refractivity contribution >= 4 is 11.9 Å². The van der Waals surface area contributed by atoms with Crippen LogP contribution in [0, 0.1) is 11.3 Å². The van der Waals surface area contributed by atoms with E-state index in [1.165, 1.54) is 0 Å². The number of nitrogens with zero attached hydrogens (tertiary/aromatic N) is 2. The van der Waals surface area contributed by atoms with Gasteiger partial charge in [0.15, 0.2) is 0 Å². The van der Waals surface area contributed by atoms with Gasteiger partial charge in [-0.3, -0.25) is 9.59 Å². The summed E-state index contributed by atoms with van der Waals surface area (Å²) in [5.74, 6) is -0.466. The van der Waals surface area contributed by atoms with Crippen molar-refractivity contribution < 1.29 is 14.7 Å². The van der Waals surface area contributed by atoms with Gasteiger partial charge in [0.05, 0.1) is 5.41 Å². The Morgan fingerprint density at radius 1 is 1.12 bits per heavy atom. The quantitative estimate of drug-likeness (QED) is 0.900. The lowest BCUT2D eigenvalue weighted by atomic mass is 9.70. The van der Waals surface area contributed by atoms with Crippen LogP contribution in [0.25, 0.3) is 0 Å². The summed E-state index contributed by atoms with van der Waals surface area (Å²) in [7, 11) is 2.09. The Balaban J connectivity index is 1.57. The molecule has 0 radical (unpaired) electrons. The SMILES string of the molecule is CN1CCC(C(=O)N2[C@H]3CC[C@@H]2[C@](Cc2ccccc2)(C(=O)O)C3)CC1. The molecule has 0 saturated carbocycles. The van der Waals surface area contributed by atoms with E-state index in [4.69, 9.17) is 0 Å². The lowest BCUT2D eigenvalue weighted by Gasteiger charge is -2.36. The van der Waals surface area contributed by atoms with Gasteiger partial charge in [0.2, 0.25) is 5.91 Å². The van der Waals surface area contributed by atoms with Gasteiger partial charge in [-0.25, -0.2) is 0 Å². The first-order valence-electron chi connectivity index (χ1n) is 9.79. The number of fused-ring (bicyclic) bond motifs is 2. The number of aliphatic carboxylic acids is 1. The number of carbonyl (C=O) groups is 2. The Kier molecular flexibility index (Phi) is 4.51. The van der Waals surface area contributed by atoms with Crippen molar-refractivity contribution in [3.63, 3.8) is 0 Å². The minimum absolute atomic E-state index is 0.0654. The molecular weight excluding hydrogens is 328 g/mol. The maximum atomic E-state index is 13.2. The highest BCUT2D eigenvalue weighted by molar-refractivity contribution is 5.84. The number of piperidine rings is 1. The Hall–Kier alpha value is -1.88. The molecule has 3 saturated heterocycles. The normalized spacial score (nSPS) is 32.1. The zero-order valence-electron chi connectivity index (χ0n) is 15.4. The summed E-state index contributed by atoms with van der Waals surface area (Å²) in [6, 6.07) is 9.82. The third-order valence-corrected chi connectivity index (χ3v) is 6.85. The molecule has 3 aliphatic heterocycles. The average Bonchev–Trinajstić information content (AvgIpc) is 3.19. The van der Waals surface area contributed by atoms with Gasteiger partial charge in [-0.1, -0.05) is 30.3 Å². The third-order valence-electron chi connectivity index (χ3n) is 6.85. The van der Waals surface area contributed by atoms with Crippen LogP contribution in [-0.2, 0) is 16.0 Å². The monoisotopic (exact) mass is 356 g/mol. The van der Waals surface area contributed by atoms with Gasteiger partial charge in [-0.05, 0) is 64.2 Å². The van der Waals surface area contributed by atoms with Gasteiger partial charge in [0, 0.05) is 18.0 Å². The maximum absolute atomic E-state index is 13.2. The van der Waals surface area contributed by atoms with Crippen molar-refractivity contribution in [1.29, 1.82) is 0 Å². The first kappa shape index (κ1) is 17.5. The fraction of sp³-hybridized carbons (Fsp3) is 0.619. The Labute approximate surface area is 155 Å². The minimum Gasteiger partial charge on any atom is -0.481 e. The topological polar surface area (TPSA) is 60.9 Å². The molecule has 3 heterocycles. The number of carboxylic acids is 1.